The van der Waals surface area contributed by atoms with Crippen LogP contribution in [0.3, 0.4) is 0 Å². The summed E-state index contributed by atoms with van der Waals surface area (Å²) in [5.41, 5.74) is -1.46. The van der Waals surface area contributed by atoms with Gasteiger partial charge in [0.15, 0.2) is 0 Å². The second kappa shape index (κ2) is 11.8. The van der Waals surface area contributed by atoms with Crippen molar-refractivity contribution in [2.24, 2.45) is 4.36 Å². The molecule has 2 aromatic rings. The van der Waals surface area contributed by atoms with Crippen molar-refractivity contribution in [3.63, 3.8) is 0 Å². The number of carbonyl (C=O) groups is 2. The van der Waals surface area contributed by atoms with Crippen molar-refractivity contribution >= 4 is 22.1 Å². The third kappa shape index (κ3) is 8.69. The first-order valence-electron chi connectivity index (χ1n) is 12.8. The van der Waals surface area contributed by atoms with Crippen LogP contribution >= 0.6 is 0 Å². The highest BCUT2D eigenvalue weighted by Crippen LogP contribution is 2.30. The fourth-order valence-corrected chi connectivity index (χ4v) is 5.63. The number of hydrogen-bond donors (Lipinski definition) is 1. The summed E-state index contributed by atoms with van der Waals surface area (Å²) in [6, 6.07) is 5.80. The first-order valence-corrected chi connectivity index (χ1v) is 14.7. The Bertz CT molecular complexity index is 1370. The van der Waals surface area contributed by atoms with Crippen LogP contribution in [0.1, 0.15) is 53.5 Å². The van der Waals surface area contributed by atoms with E-state index in [2.05, 4.69) is 9.08 Å². The Morgan fingerprint density at radius 3 is 2.20 bits per heavy atom. The molecule has 0 saturated carbocycles. The van der Waals surface area contributed by atoms with Crippen LogP contribution in [0.15, 0.2) is 40.8 Å². The number of carbonyl (C=O) groups excluding carboxylic acids is 2. The first kappa shape index (κ1) is 31.4. The van der Waals surface area contributed by atoms with Crippen molar-refractivity contribution in [2.45, 2.75) is 77.7 Å². The number of benzene rings is 2. The molecule has 0 aliphatic carbocycles. The van der Waals surface area contributed by atoms with Crippen LogP contribution in [0.5, 0.6) is 0 Å². The first-order chi connectivity index (χ1) is 18.3. The summed E-state index contributed by atoms with van der Waals surface area (Å²) in [6.45, 7) is 10.3. The lowest BCUT2D eigenvalue weighted by Crippen LogP contribution is -2.49. The van der Waals surface area contributed by atoms with Crippen LogP contribution in [0.4, 0.5) is 22.8 Å². The van der Waals surface area contributed by atoms with Crippen molar-refractivity contribution in [3.8, 4) is 11.1 Å². The molecule has 40 heavy (non-hydrogen) atoms. The predicted octanol–water partition coefficient (Wildman–Crippen LogP) is 6.23. The Hall–Kier alpha value is -3.12. The average Bonchev–Trinajstić information content (AvgIpc) is 3.12. The van der Waals surface area contributed by atoms with Crippen LogP contribution in [-0.2, 0) is 25.8 Å². The van der Waals surface area contributed by atoms with Crippen molar-refractivity contribution in [2.75, 3.05) is 12.8 Å². The molecular formula is C28H36F3N3O5S. The molecule has 2 aromatic carbocycles. The van der Waals surface area contributed by atoms with E-state index in [4.69, 9.17) is 9.47 Å². The molecule has 0 spiro atoms. The predicted molar refractivity (Wildman–Crippen MR) is 146 cm³/mol. The van der Waals surface area contributed by atoms with Gasteiger partial charge < -0.3 is 14.4 Å². The lowest BCUT2D eigenvalue weighted by Gasteiger charge is -2.31. The van der Waals surface area contributed by atoms with E-state index < -0.39 is 62.8 Å². The third-order valence-corrected chi connectivity index (χ3v) is 7.10. The molecular weight excluding hydrogens is 547 g/mol. The number of hydrogen-bond acceptors (Lipinski definition) is 5. The van der Waals surface area contributed by atoms with Crippen LogP contribution in [0, 0.1) is 17.5 Å². The summed E-state index contributed by atoms with van der Waals surface area (Å²) < 4.78 is 73.9. The zero-order chi connectivity index (χ0) is 30.0. The maximum Gasteiger partial charge on any atom is 0.443 e. The van der Waals surface area contributed by atoms with Crippen molar-refractivity contribution in [1.29, 1.82) is 0 Å². The largest absolute Gasteiger partial charge is 0.444 e. The molecule has 1 heterocycles. The number of halogens is 3. The van der Waals surface area contributed by atoms with E-state index in [0.29, 0.717) is 12.5 Å². The van der Waals surface area contributed by atoms with Gasteiger partial charge in [0.25, 0.3) is 0 Å². The molecule has 3 rings (SSSR count). The van der Waals surface area contributed by atoms with E-state index in [1.165, 1.54) is 23.3 Å². The molecule has 1 N–H and O–H groups in total. The van der Waals surface area contributed by atoms with E-state index in [1.807, 2.05) is 0 Å². The summed E-state index contributed by atoms with van der Waals surface area (Å²) in [6.07, 6.45) is -0.140. The molecule has 1 saturated heterocycles. The van der Waals surface area contributed by atoms with Gasteiger partial charge in [-0.2, -0.15) is 0 Å². The summed E-state index contributed by atoms with van der Waals surface area (Å²) in [5.74, 6) is -2.40. The molecule has 0 radical (unpaired) electrons. The van der Waals surface area contributed by atoms with Gasteiger partial charge in [0, 0.05) is 30.5 Å². The topological polar surface area (TPSA) is 97.3 Å². The maximum absolute atomic E-state index is 15.7. The minimum Gasteiger partial charge on any atom is -0.444 e. The Labute approximate surface area is 233 Å². The van der Waals surface area contributed by atoms with E-state index in [9.17, 15) is 22.6 Å². The molecule has 3 atom stereocenters. The van der Waals surface area contributed by atoms with Gasteiger partial charge in [0.1, 0.15) is 38.6 Å². The van der Waals surface area contributed by atoms with Crippen LogP contribution in [0.25, 0.3) is 11.1 Å². The molecule has 1 aliphatic rings. The van der Waals surface area contributed by atoms with E-state index in [-0.39, 0.29) is 29.7 Å². The molecule has 0 bridgehead atoms. The third-order valence-electron chi connectivity index (χ3n) is 5.87. The summed E-state index contributed by atoms with van der Waals surface area (Å²) in [5, 5.41) is 0. The molecule has 1 unspecified atom stereocenters. The molecule has 12 heteroatoms. The maximum atomic E-state index is 15.7. The zero-order valence-corrected chi connectivity index (χ0v) is 24.5. The highest BCUT2D eigenvalue weighted by atomic mass is 32.2. The van der Waals surface area contributed by atoms with Gasteiger partial charge in [0.2, 0.25) is 0 Å². The smallest absolute Gasteiger partial charge is 0.443 e. The Kier molecular flexibility index (Phi) is 9.25. The molecule has 8 nitrogen and oxygen atoms in total. The van der Waals surface area contributed by atoms with Gasteiger partial charge in [0.05, 0.1) is 6.04 Å². The number of amides is 2. The second-order valence-electron chi connectivity index (χ2n) is 11.8. The van der Waals surface area contributed by atoms with Gasteiger partial charge in [-0.1, -0.05) is 18.2 Å². The van der Waals surface area contributed by atoms with Gasteiger partial charge in [-0.05, 0) is 77.6 Å². The highest BCUT2D eigenvalue weighted by Gasteiger charge is 2.40. The molecule has 220 valence electrons. The lowest BCUT2D eigenvalue weighted by molar-refractivity contribution is 0.0217. The molecule has 1 fully saturated rings. The van der Waals surface area contributed by atoms with E-state index >= 15 is 4.39 Å². The number of nitrogens with zero attached hydrogens (tertiary/aromatic N) is 2. The highest BCUT2D eigenvalue weighted by molar-refractivity contribution is 7.91. The monoisotopic (exact) mass is 583 g/mol. The fourth-order valence-electron chi connectivity index (χ4n) is 4.42. The van der Waals surface area contributed by atoms with Crippen LogP contribution in [-0.4, -0.2) is 57.4 Å². The quantitative estimate of drug-likeness (QED) is 0.450. The van der Waals surface area contributed by atoms with Gasteiger partial charge in [-0.15, -0.1) is 4.36 Å². The van der Waals surface area contributed by atoms with Crippen molar-refractivity contribution in [1.82, 2.24) is 9.62 Å². The van der Waals surface area contributed by atoms with Crippen LogP contribution < -0.4 is 4.72 Å². The van der Waals surface area contributed by atoms with Crippen LogP contribution in [0.2, 0.25) is 0 Å². The number of likely N-dealkylation sites (tertiary alicyclic amines) is 1. The number of rotatable bonds is 5. The lowest BCUT2D eigenvalue weighted by atomic mass is 9.96. The Balaban J connectivity index is 1.97. The van der Waals surface area contributed by atoms with Crippen molar-refractivity contribution in [3.05, 3.63) is 59.4 Å². The molecule has 1 aliphatic heterocycles. The summed E-state index contributed by atoms with van der Waals surface area (Å²) in [7, 11) is -3.32. The standard InChI is InChI=1S/C28H36F3N3O5S/c1-27(2,3)38-25(35)33-40(7,37)32-22-11-12-34(26(36)39-28(4,5)6)23(22)15-17-9-8-10-21(24(17)31)18-13-19(29)16-20(30)14-18/h8-10,13-14,16,22-23H,11-12,15H2,1-7H3,(H,32,33,35,37)/t22-,23-,40?/m0/s1. The normalized spacial score (nSPS) is 19.2. The van der Waals surface area contributed by atoms with Crippen molar-refractivity contribution < 1.29 is 36.4 Å². The second-order valence-corrected chi connectivity index (χ2v) is 13.8. The Morgan fingerprint density at radius 2 is 1.62 bits per heavy atom. The minimum atomic E-state index is -3.32. The number of nitrogens with one attached hydrogen (secondary N) is 1. The zero-order valence-electron chi connectivity index (χ0n) is 23.7. The van der Waals surface area contributed by atoms with E-state index in [0.717, 1.165) is 12.1 Å². The van der Waals surface area contributed by atoms with Gasteiger partial charge in [-0.25, -0.2) is 31.7 Å². The summed E-state index contributed by atoms with van der Waals surface area (Å²) >= 11 is 0. The van der Waals surface area contributed by atoms with E-state index in [1.54, 1.807) is 47.6 Å². The number of ether oxygens (including phenoxy) is 2. The fraction of sp³-hybridized carbons (Fsp3) is 0.500. The SMILES string of the molecule is CC(C)(C)OC(=O)N=S(C)(=O)N[C@H]1CCN(C(=O)OC(C)(C)C)[C@H]1Cc1cccc(-c2cc(F)cc(F)c2)c1F. The van der Waals surface area contributed by atoms with Gasteiger partial charge in [-0.3, -0.25) is 0 Å². The summed E-state index contributed by atoms with van der Waals surface area (Å²) in [4.78, 5) is 26.7. The molecule has 2 amide bonds. The molecule has 0 aromatic heterocycles. The minimum absolute atomic E-state index is 0.0126. The average molecular weight is 584 g/mol. The Morgan fingerprint density at radius 1 is 1.02 bits per heavy atom. The van der Waals surface area contributed by atoms with Gasteiger partial charge >= 0.3 is 12.2 Å².